The first-order valence-electron chi connectivity index (χ1n) is 8.72. The molecule has 6 nitrogen and oxygen atoms in total. The van der Waals surface area contributed by atoms with Crippen molar-refractivity contribution in [1.29, 1.82) is 0 Å². The third-order valence-corrected chi connectivity index (χ3v) is 5.15. The van der Waals surface area contributed by atoms with E-state index in [1.54, 1.807) is 43.5 Å². The van der Waals surface area contributed by atoms with E-state index in [2.05, 4.69) is 10.2 Å². The summed E-state index contributed by atoms with van der Waals surface area (Å²) in [5.41, 5.74) is 2.71. The number of ether oxygens (including phenoxy) is 1. The number of benzene rings is 2. The lowest BCUT2D eigenvalue weighted by Gasteiger charge is -2.40. The standard InChI is InChI=1S/C20H21N3O3/c1-22-17-12-13(19(24)21-14-6-8-15(26-2)9-7-14)5-10-16(17)20(25)23-11-3-4-18(22)23/h5-10,12,18H,3-4,11H2,1-2H3,(H,21,24). The van der Waals surface area contributed by atoms with Crippen molar-refractivity contribution < 1.29 is 14.3 Å². The molecule has 4 rings (SSSR count). The molecule has 26 heavy (non-hydrogen) atoms. The third kappa shape index (κ3) is 2.67. The first-order chi connectivity index (χ1) is 12.6. The van der Waals surface area contributed by atoms with Gasteiger partial charge in [0, 0.05) is 24.8 Å². The second-order valence-corrected chi connectivity index (χ2v) is 6.65. The van der Waals surface area contributed by atoms with Crippen molar-refractivity contribution >= 4 is 23.2 Å². The van der Waals surface area contributed by atoms with Crippen LogP contribution in [0.3, 0.4) is 0 Å². The summed E-state index contributed by atoms with van der Waals surface area (Å²) in [5.74, 6) is 0.591. The zero-order valence-corrected chi connectivity index (χ0v) is 14.9. The molecule has 2 aromatic carbocycles. The zero-order chi connectivity index (χ0) is 18.3. The Balaban J connectivity index is 1.59. The molecule has 0 bridgehead atoms. The third-order valence-electron chi connectivity index (χ3n) is 5.15. The number of nitrogens with zero attached hydrogens (tertiary/aromatic N) is 2. The number of hydrogen-bond acceptors (Lipinski definition) is 4. The van der Waals surface area contributed by atoms with Crippen molar-refractivity contribution in [2.24, 2.45) is 0 Å². The highest BCUT2D eigenvalue weighted by molar-refractivity contribution is 6.08. The fraction of sp³-hybridized carbons (Fsp3) is 0.300. The largest absolute Gasteiger partial charge is 0.497 e. The Labute approximate surface area is 152 Å². The molecule has 0 saturated carbocycles. The van der Waals surface area contributed by atoms with Gasteiger partial charge in [-0.3, -0.25) is 9.59 Å². The first kappa shape index (κ1) is 16.4. The molecular weight excluding hydrogens is 330 g/mol. The minimum Gasteiger partial charge on any atom is -0.497 e. The molecule has 2 amide bonds. The summed E-state index contributed by atoms with van der Waals surface area (Å²) in [6, 6.07) is 12.4. The highest BCUT2D eigenvalue weighted by atomic mass is 16.5. The average Bonchev–Trinajstić information content (AvgIpc) is 3.16. The van der Waals surface area contributed by atoms with Crippen LogP contribution in [0.15, 0.2) is 42.5 Å². The smallest absolute Gasteiger partial charge is 0.257 e. The summed E-state index contributed by atoms with van der Waals surface area (Å²) in [7, 11) is 3.59. The minimum absolute atomic E-state index is 0.0581. The number of anilines is 2. The van der Waals surface area contributed by atoms with Gasteiger partial charge < -0.3 is 19.9 Å². The van der Waals surface area contributed by atoms with Crippen molar-refractivity contribution in [1.82, 2.24) is 4.90 Å². The molecule has 1 N–H and O–H groups in total. The lowest BCUT2D eigenvalue weighted by molar-refractivity contribution is 0.0719. The summed E-state index contributed by atoms with van der Waals surface area (Å²) in [5, 5.41) is 2.88. The average molecular weight is 351 g/mol. The van der Waals surface area contributed by atoms with Gasteiger partial charge in [-0.05, 0) is 55.3 Å². The van der Waals surface area contributed by atoms with E-state index < -0.39 is 0 Å². The van der Waals surface area contributed by atoms with E-state index in [1.807, 2.05) is 18.0 Å². The Morgan fingerprint density at radius 1 is 1.19 bits per heavy atom. The number of carbonyl (C=O) groups is 2. The van der Waals surface area contributed by atoms with E-state index in [0.717, 1.165) is 30.8 Å². The summed E-state index contributed by atoms with van der Waals surface area (Å²) < 4.78 is 5.12. The normalized spacial score (nSPS) is 18.4. The van der Waals surface area contributed by atoms with Crippen molar-refractivity contribution in [2.75, 3.05) is 30.9 Å². The highest BCUT2D eigenvalue weighted by Crippen LogP contribution is 2.35. The van der Waals surface area contributed by atoms with Crippen molar-refractivity contribution in [3.63, 3.8) is 0 Å². The number of fused-ring (bicyclic) bond motifs is 2. The van der Waals surface area contributed by atoms with Crippen molar-refractivity contribution in [3.8, 4) is 5.75 Å². The Morgan fingerprint density at radius 3 is 2.69 bits per heavy atom. The van der Waals surface area contributed by atoms with Crippen LogP contribution >= 0.6 is 0 Å². The van der Waals surface area contributed by atoms with Gasteiger partial charge >= 0.3 is 0 Å². The molecule has 1 unspecified atom stereocenters. The Bertz CT molecular complexity index is 863. The van der Waals surface area contributed by atoms with Crippen LogP contribution in [-0.4, -0.2) is 43.6 Å². The number of methoxy groups -OCH3 is 1. The fourth-order valence-electron chi connectivity index (χ4n) is 3.73. The maximum Gasteiger partial charge on any atom is 0.257 e. The molecule has 1 saturated heterocycles. The lowest BCUT2D eigenvalue weighted by atomic mass is 10.0. The molecule has 0 radical (unpaired) electrons. The Morgan fingerprint density at radius 2 is 1.96 bits per heavy atom. The van der Waals surface area contributed by atoms with Crippen molar-refractivity contribution in [3.05, 3.63) is 53.6 Å². The van der Waals surface area contributed by atoms with Crippen molar-refractivity contribution in [2.45, 2.75) is 19.0 Å². The molecule has 1 atom stereocenters. The summed E-state index contributed by atoms with van der Waals surface area (Å²) >= 11 is 0. The molecule has 134 valence electrons. The van der Waals surface area contributed by atoms with E-state index in [1.165, 1.54) is 0 Å². The predicted molar refractivity (Wildman–Crippen MR) is 99.9 cm³/mol. The molecule has 2 heterocycles. The van der Waals surface area contributed by atoms with Crippen LogP contribution in [-0.2, 0) is 0 Å². The highest BCUT2D eigenvalue weighted by Gasteiger charge is 2.38. The van der Waals surface area contributed by atoms with E-state index in [9.17, 15) is 9.59 Å². The van der Waals surface area contributed by atoms with Crippen LogP contribution < -0.4 is 15.0 Å². The van der Waals surface area contributed by atoms with Gasteiger partial charge in [0.25, 0.3) is 11.8 Å². The number of nitrogens with one attached hydrogen (secondary N) is 1. The molecule has 6 heteroatoms. The first-order valence-corrected chi connectivity index (χ1v) is 8.72. The summed E-state index contributed by atoms with van der Waals surface area (Å²) in [6.45, 7) is 0.799. The van der Waals surface area contributed by atoms with Crippen LogP contribution in [0.5, 0.6) is 5.75 Å². The second kappa shape index (κ2) is 6.37. The van der Waals surface area contributed by atoms with E-state index >= 15 is 0 Å². The van der Waals surface area contributed by atoms with Gasteiger partial charge in [-0.2, -0.15) is 0 Å². The van der Waals surface area contributed by atoms with Crippen LogP contribution in [0.4, 0.5) is 11.4 Å². The van der Waals surface area contributed by atoms with E-state index in [0.29, 0.717) is 16.8 Å². The molecule has 2 aromatic rings. The minimum atomic E-state index is -0.201. The molecule has 0 aliphatic carbocycles. The van der Waals surface area contributed by atoms with Crippen LogP contribution in [0.25, 0.3) is 0 Å². The van der Waals surface area contributed by atoms with E-state index in [4.69, 9.17) is 4.74 Å². The predicted octanol–water partition coefficient (Wildman–Crippen LogP) is 2.96. The Kier molecular flexibility index (Phi) is 4.03. The van der Waals surface area contributed by atoms with Crippen LogP contribution in [0.2, 0.25) is 0 Å². The van der Waals surface area contributed by atoms with E-state index in [-0.39, 0.29) is 18.0 Å². The lowest BCUT2D eigenvalue weighted by Crippen LogP contribution is -2.50. The summed E-state index contributed by atoms with van der Waals surface area (Å²) in [6.07, 6.45) is 2.07. The van der Waals surface area contributed by atoms with Gasteiger partial charge in [0.1, 0.15) is 11.9 Å². The monoisotopic (exact) mass is 351 g/mol. The Hall–Kier alpha value is -3.02. The fourth-order valence-corrected chi connectivity index (χ4v) is 3.73. The number of hydrogen-bond donors (Lipinski definition) is 1. The molecular formula is C20H21N3O3. The number of rotatable bonds is 3. The molecule has 1 fully saturated rings. The molecule has 2 aliphatic heterocycles. The zero-order valence-electron chi connectivity index (χ0n) is 14.9. The van der Waals surface area contributed by atoms with Crippen LogP contribution in [0.1, 0.15) is 33.6 Å². The maximum absolute atomic E-state index is 12.7. The van der Waals surface area contributed by atoms with Gasteiger partial charge in [-0.25, -0.2) is 0 Å². The van der Waals surface area contributed by atoms with Gasteiger partial charge in [-0.15, -0.1) is 0 Å². The SMILES string of the molecule is COc1ccc(NC(=O)c2ccc3c(c2)N(C)C2CCCN2C3=O)cc1. The quantitative estimate of drug-likeness (QED) is 0.924. The topological polar surface area (TPSA) is 61.9 Å². The number of carbonyl (C=O) groups excluding carboxylic acids is 2. The maximum atomic E-state index is 12.7. The van der Waals surface area contributed by atoms with Crippen LogP contribution in [0, 0.1) is 0 Å². The number of amides is 2. The molecule has 2 aliphatic rings. The second-order valence-electron chi connectivity index (χ2n) is 6.65. The molecule has 0 spiro atoms. The molecule has 0 aromatic heterocycles. The summed E-state index contributed by atoms with van der Waals surface area (Å²) in [4.78, 5) is 29.3. The van der Waals surface area contributed by atoms with Gasteiger partial charge in [0.15, 0.2) is 0 Å². The van der Waals surface area contributed by atoms with Gasteiger partial charge in [0.2, 0.25) is 0 Å². The van der Waals surface area contributed by atoms with Gasteiger partial charge in [-0.1, -0.05) is 0 Å². The van der Waals surface area contributed by atoms with Gasteiger partial charge in [0.05, 0.1) is 18.4 Å².